The molecule has 0 radical (unpaired) electrons. The van der Waals surface area contributed by atoms with Crippen molar-refractivity contribution in [2.45, 2.75) is 92.5 Å². The maximum absolute atomic E-state index is 4.68. The molecule has 158 valence electrons. The number of nitrogens with one attached hydrogen (secondary N) is 1. The molecule has 0 bridgehead atoms. The standard InChI is InChI=1S/C27H40N2/c1-19-10-8-16-26(4,5)24(19)14-12-22-18-23(29-21(3)28-22)13-15-25-20(2)11-9-17-27(25,6)7/h12-15,22,28H,3,8-11,16-18H2,1-2,4-7H3/b14-12+,15-13+. The number of rotatable bonds is 4. The van der Waals surface area contributed by atoms with Gasteiger partial charge in [0.25, 0.3) is 0 Å². The van der Waals surface area contributed by atoms with Crippen LogP contribution in [0.5, 0.6) is 0 Å². The molecule has 0 fully saturated rings. The highest BCUT2D eigenvalue weighted by Crippen LogP contribution is 2.41. The summed E-state index contributed by atoms with van der Waals surface area (Å²) in [4.78, 5) is 4.68. The summed E-state index contributed by atoms with van der Waals surface area (Å²) in [6.07, 6.45) is 17.8. The molecule has 2 aliphatic carbocycles. The molecule has 1 aliphatic heterocycles. The van der Waals surface area contributed by atoms with Gasteiger partial charge < -0.3 is 5.32 Å². The Morgan fingerprint density at radius 2 is 1.45 bits per heavy atom. The first kappa shape index (κ1) is 21.9. The predicted octanol–water partition coefficient (Wildman–Crippen LogP) is 7.43. The van der Waals surface area contributed by atoms with Crippen molar-refractivity contribution < 1.29 is 0 Å². The monoisotopic (exact) mass is 392 g/mol. The molecule has 3 aliphatic rings. The Labute approximate surface area is 178 Å². The highest BCUT2D eigenvalue weighted by Gasteiger charge is 2.28. The lowest BCUT2D eigenvalue weighted by Crippen LogP contribution is -2.32. The van der Waals surface area contributed by atoms with Gasteiger partial charge in [-0.2, -0.15) is 0 Å². The van der Waals surface area contributed by atoms with Crippen LogP contribution in [0, 0.1) is 10.8 Å². The van der Waals surface area contributed by atoms with Crippen molar-refractivity contribution in [3.8, 4) is 0 Å². The molecular formula is C27H40N2. The van der Waals surface area contributed by atoms with Crippen molar-refractivity contribution in [2.75, 3.05) is 0 Å². The van der Waals surface area contributed by atoms with E-state index in [4.69, 9.17) is 0 Å². The normalized spacial score (nSPS) is 27.6. The third kappa shape index (κ3) is 5.21. The number of allylic oxidation sites excluding steroid dienone is 7. The molecule has 1 N–H and O–H groups in total. The minimum atomic E-state index is 0.257. The molecule has 0 saturated carbocycles. The molecule has 1 unspecified atom stereocenters. The number of hydrogen-bond donors (Lipinski definition) is 1. The van der Waals surface area contributed by atoms with Gasteiger partial charge in [0.1, 0.15) is 5.82 Å². The lowest BCUT2D eigenvalue weighted by molar-refractivity contribution is 0.376. The van der Waals surface area contributed by atoms with E-state index in [1.807, 2.05) is 0 Å². The van der Waals surface area contributed by atoms with E-state index in [2.05, 4.69) is 82.7 Å². The second kappa shape index (κ2) is 8.50. The van der Waals surface area contributed by atoms with E-state index in [9.17, 15) is 0 Å². The minimum Gasteiger partial charge on any atom is -0.364 e. The highest BCUT2D eigenvalue weighted by atomic mass is 15.1. The van der Waals surface area contributed by atoms with Crippen LogP contribution in [-0.2, 0) is 0 Å². The van der Waals surface area contributed by atoms with Gasteiger partial charge in [-0.25, -0.2) is 4.99 Å². The van der Waals surface area contributed by atoms with Gasteiger partial charge in [-0.05, 0) is 80.4 Å². The van der Waals surface area contributed by atoms with Crippen LogP contribution in [-0.4, -0.2) is 11.8 Å². The SMILES string of the molecule is C=C1N=C(/C=C/C2=C(C)CCCC2(C)C)CC(/C=C/C2=C(C)CCCC2(C)C)N1. The quantitative estimate of drug-likeness (QED) is 0.528. The third-order valence-corrected chi connectivity index (χ3v) is 7.08. The fourth-order valence-corrected chi connectivity index (χ4v) is 5.38. The molecule has 1 atom stereocenters. The molecule has 2 heteroatoms. The summed E-state index contributed by atoms with van der Waals surface area (Å²) in [6.45, 7) is 18.2. The topological polar surface area (TPSA) is 24.4 Å². The van der Waals surface area contributed by atoms with Crippen LogP contribution in [0.4, 0.5) is 0 Å². The fourth-order valence-electron chi connectivity index (χ4n) is 5.38. The van der Waals surface area contributed by atoms with Gasteiger partial charge in [0.2, 0.25) is 0 Å². The van der Waals surface area contributed by atoms with Gasteiger partial charge in [-0.15, -0.1) is 0 Å². The van der Waals surface area contributed by atoms with Crippen LogP contribution in [0.3, 0.4) is 0 Å². The summed E-state index contributed by atoms with van der Waals surface area (Å²) in [6, 6.07) is 0.257. The number of aliphatic imine (C=N–C) groups is 1. The number of hydrogen-bond acceptors (Lipinski definition) is 2. The summed E-state index contributed by atoms with van der Waals surface area (Å²) >= 11 is 0. The van der Waals surface area contributed by atoms with Crippen LogP contribution in [0.2, 0.25) is 0 Å². The Morgan fingerprint density at radius 3 is 2.00 bits per heavy atom. The molecule has 2 nitrogen and oxygen atoms in total. The Bertz CT molecular complexity index is 811. The van der Waals surface area contributed by atoms with Crippen molar-refractivity contribution >= 4 is 5.71 Å². The van der Waals surface area contributed by atoms with Crippen molar-refractivity contribution in [1.82, 2.24) is 5.32 Å². The summed E-state index contributed by atoms with van der Waals surface area (Å²) < 4.78 is 0. The molecule has 0 aromatic rings. The molecule has 1 heterocycles. The van der Waals surface area contributed by atoms with Gasteiger partial charge >= 0.3 is 0 Å². The van der Waals surface area contributed by atoms with Crippen molar-refractivity contribution in [1.29, 1.82) is 0 Å². The lowest BCUT2D eigenvalue weighted by Gasteiger charge is -2.33. The summed E-state index contributed by atoms with van der Waals surface area (Å²) in [5, 5.41) is 3.45. The first-order chi connectivity index (χ1) is 13.6. The van der Waals surface area contributed by atoms with Gasteiger partial charge in [0.15, 0.2) is 0 Å². The summed E-state index contributed by atoms with van der Waals surface area (Å²) in [7, 11) is 0. The highest BCUT2D eigenvalue weighted by molar-refractivity contribution is 5.97. The van der Waals surface area contributed by atoms with Crippen LogP contribution in [0.25, 0.3) is 0 Å². The minimum absolute atomic E-state index is 0.257. The predicted molar refractivity (Wildman–Crippen MR) is 127 cm³/mol. The Morgan fingerprint density at radius 1 is 0.897 bits per heavy atom. The first-order valence-corrected chi connectivity index (χ1v) is 11.4. The zero-order chi connectivity index (χ0) is 21.2. The zero-order valence-electron chi connectivity index (χ0n) is 19.5. The Balaban J connectivity index is 1.75. The van der Waals surface area contributed by atoms with Crippen LogP contribution in [0.15, 0.2) is 64.0 Å². The summed E-state index contributed by atoms with van der Waals surface area (Å²) in [5.41, 5.74) is 7.75. The zero-order valence-corrected chi connectivity index (χ0v) is 19.5. The largest absolute Gasteiger partial charge is 0.364 e. The summed E-state index contributed by atoms with van der Waals surface area (Å²) in [5.74, 6) is 0.771. The van der Waals surface area contributed by atoms with E-state index in [0.29, 0.717) is 0 Å². The smallest absolute Gasteiger partial charge is 0.119 e. The van der Waals surface area contributed by atoms with E-state index in [-0.39, 0.29) is 16.9 Å². The van der Waals surface area contributed by atoms with E-state index in [0.717, 1.165) is 18.0 Å². The number of nitrogens with zero attached hydrogens (tertiary/aromatic N) is 1. The molecule has 3 rings (SSSR count). The van der Waals surface area contributed by atoms with E-state index >= 15 is 0 Å². The molecule has 0 aromatic heterocycles. The van der Waals surface area contributed by atoms with Gasteiger partial charge in [-0.1, -0.05) is 63.6 Å². The maximum Gasteiger partial charge on any atom is 0.119 e. The lowest BCUT2D eigenvalue weighted by atomic mass is 9.72. The maximum atomic E-state index is 4.68. The molecule has 0 saturated heterocycles. The van der Waals surface area contributed by atoms with Gasteiger partial charge in [0, 0.05) is 12.1 Å². The average molecular weight is 393 g/mol. The van der Waals surface area contributed by atoms with Crippen LogP contribution < -0.4 is 5.32 Å². The Kier molecular flexibility index (Phi) is 6.41. The molecule has 0 amide bonds. The second-order valence-corrected chi connectivity index (χ2v) is 10.6. The van der Waals surface area contributed by atoms with Crippen molar-refractivity contribution in [3.63, 3.8) is 0 Å². The first-order valence-electron chi connectivity index (χ1n) is 11.4. The van der Waals surface area contributed by atoms with Crippen molar-refractivity contribution in [3.05, 3.63) is 59.0 Å². The second-order valence-electron chi connectivity index (χ2n) is 10.6. The van der Waals surface area contributed by atoms with Gasteiger partial charge in [-0.3, -0.25) is 0 Å². The van der Waals surface area contributed by atoms with Crippen molar-refractivity contribution in [2.24, 2.45) is 15.8 Å². The third-order valence-electron chi connectivity index (χ3n) is 7.08. The molecule has 29 heavy (non-hydrogen) atoms. The van der Waals surface area contributed by atoms with E-state index < -0.39 is 0 Å². The van der Waals surface area contributed by atoms with E-state index in [1.165, 1.54) is 55.2 Å². The van der Waals surface area contributed by atoms with Gasteiger partial charge in [0.05, 0.1) is 6.04 Å². The average Bonchev–Trinajstić information content (AvgIpc) is 2.59. The Hall–Kier alpha value is -1.83. The molecular weight excluding hydrogens is 352 g/mol. The van der Waals surface area contributed by atoms with Crippen LogP contribution in [0.1, 0.15) is 86.5 Å². The van der Waals surface area contributed by atoms with E-state index in [1.54, 1.807) is 5.57 Å². The van der Waals surface area contributed by atoms with Crippen LogP contribution >= 0.6 is 0 Å². The molecule has 0 spiro atoms. The fraction of sp³-hybridized carbons (Fsp3) is 0.593. The molecule has 0 aromatic carbocycles.